The number of aromatic nitrogens is 1. The topological polar surface area (TPSA) is 33.1 Å². The second-order valence-electron chi connectivity index (χ2n) is 3.74. The number of rotatable bonds is 3. The molecule has 2 rings (SSSR count). The molecule has 0 saturated carbocycles. The zero-order valence-electron chi connectivity index (χ0n) is 9.15. The Morgan fingerprint density at radius 2 is 2.29 bits per heavy atom. The molecule has 1 atom stereocenters. The highest BCUT2D eigenvalue weighted by atomic mass is 35.5. The molecule has 5 heteroatoms. The van der Waals surface area contributed by atoms with E-state index in [0.717, 1.165) is 15.4 Å². The molecule has 1 unspecified atom stereocenters. The van der Waals surface area contributed by atoms with Gasteiger partial charge in [-0.05, 0) is 24.6 Å². The highest BCUT2D eigenvalue weighted by molar-refractivity contribution is 7.11. The molecule has 1 aromatic heterocycles. The zero-order chi connectivity index (χ0) is 12.4. The summed E-state index contributed by atoms with van der Waals surface area (Å²) in [7, 11) is 0. The predicted molar refractivity (Wildman–Crippen MR) is 66.9 cm³/mol. The number of hydrogen-bond donors (Lipinski definition) is 1. The van der Waals surface area contributed by atoms with Crippen LogP contribution >= 0.6 is 22.9 Å². The molecule has 0 aliphatic carbocycles. The molecule has 0 spiro atoms. The Balaban J connectivity index is 2.15. The average Bonchev–Trinajstić information content (AvgIpc) is 2.69. The summed E-state index contributed by atoms with van der Waals surface area (Å²) < 4.78 is 12.9. The van der Waals surface area contributed by atoms with Crippen molar-refractivity contribution < 1.29 is 9.50 Å². The molecule has 0 aliphatic rings. The van der Waals surface area contributed by atoms with Crippen molar-refractivity contribution in [3.05, 3.63) is 50.7 Å². The summed E-state index contributed by atoms with van der Waals surface area (Å²) >= 11 is 7.35. The van der Waals surface area contributed by atoms with Crippen molar-refractivity contribution >= 4 is 22.9 Å². The van der Waals surface area contributed by atoms with Gasteiger partial charge in [0.2, 0.25) is 0 Å². The van der Waals surface area contributed by atoms with Crippen molar-refractivity contribution in [3.63, 3.8) is 0 Å². The van der Waals surface area contributed by atoms with Crippen molar-refractivity contribution in [2.75, 3.05) is 0 Å². The standard InChI is InChI=1S/C12H11ClFNOS/c1-7-15-6-12(17-7)11(16)4-8-2-3-9(14)5-10(8)13/h2-3,5-6,11,16H,4H2,1H3. The summed E-state index contributed by atoms with van der Waals surface area (Å²) in [6, 6.07) is 4.18. The van der Waals surface area contributed by atoms with Crippen LogP contribution in [0.5, 0.6) is 0 Å². The maximum Gasteiger partial charge on any atom is 0.124 e. The highest BCUT2D eigenvalue weighted by Gasteiger charge is 2.13. The van der Waals surface area contributed by atoms with E-state index in [-0.39, 0.29) is 5.82 Å². The minimum absolute atomic E-state index is 0.338. The first-order valence-corrected chi connectivity index (χ1v) is 6.30. The van der Waals surface area contributed by atoms with Gasteiger partial charge >= 0.3 is 0 Å². The lowest BCUT2D eigenvalue weighted by Crippen LogP contribution is -2.00. The van der Waals surface area contributed by atoms with E-state index in [9.17, 15) is 9.50 Å². The van der Waals surface area contributed by atoms with Crippen molar-refractivity contribution in [2.45, 2.75) is 19.4 Å². The third-order valence-corrected chi connectivity index (χ3v) is 3.76. The van der Waals surface area contributed by atoms with Crippen LogP contribution in [0, 0.1) is 12.7 Å². The van der Waals surface area contributed by atoms with Crippen LogP contribution in [0.15, 0.2) is 24.4 Å². The summed E-state index contributed by atoms with van der Waals surface area (Å²) in [6.45, 7) is 1.88. The lowest BCUT2D eigenvalue weighted by Gasteiger charge is -2.09. The van der Waals surface area contributed by atoms with E-state index in [1.54, 1.807) is 12.3 Å². The van der Waals surface area contributed by atoms with Crippen molar-refractivity contribution in [1.82, 2.24) is 4.98 Å². The molecule has 0 radical (unpaired) electrons. The third-order valence-electron chi connectivity index (χ3n) is 2.40. The number of nitrogens with zero attached hydrogens (tertiary/aromatic N) is 1. The second kappa shape index (κ2) is 5.12. The average molecular weight is 272 g/mol. The van der Waals surface area contributed by atoms with E-state index in [2.05, 4.69) is 4.98 Å². The molecule has 1 N–H and O–H groups in total. The normalized spacial score (nSPS) is 12.7. The molecule has 90 valence electrons. The van der Waals surface area contributed by atoms with E-state index >= 15 is 0 Å². The first-order valence-electron chi connectivity index (χ1n) is 5.10. The Labute approximate surface area is 108 Å². The van der Waals surface area contributed by atoms with E-state index in [1.165, 1.54) is 23.5 Å². The predicted octanol–water partition coefficient (Wildman–Crippen LogP) is 3.52. The van der Waals surface area contributed by atoms with Gasteiger partial charge < -0.3 is 5.11 Å². The Kier molecular flexibility index (Phi) is 3.76. The molecule has 2 aromatic rings. The van der Waals surface area contributed by atoms with Crippen molar-refractivity contribution in [1.29, 1.82) is 0 Å². The fourth-order valence-electron chi connectivity index (χ4n) is 1.53. The molecular formula is C12H11ClFNOS. The van der Waals surface area contributed by atoms with Gasteiger partial charge in [0.05, 0.1) is 16.0 Å². The lowest BCUT2D eigenvalue weighted by atomic mass is 10.1. The molecule has 0 fully saturated rings. The summed E-state index contributed by atoms with van der Waals surface area (Å²) in [5, 5.41) is 11.2. The van der Waals surface area contributed by atoms with Gasteiger partial charge in [-0.1, -0.05) is 17.7 Å². The van der Waals surface area contributed by atoms with Gasteiger partial charge in [0, 0.05) is 17.6 Å². The van der Waals surface area contributed by atoms with Gasteiger partial charge in [-0.2, -0.15) is 0 Å². The minimum Gasteiger partial charge on any atom is -0.387 e. The largest absolute Gasteiger partial charge is 0.387 e. The summed E-state index contributed by atoms with van der Waals surface area (Å²) in [6.07, 6.45) is 1.37. The third kappa shape index (κ3) is 3.03. The molecule has 0 saturated heterocycles. The van der Waals surface area contributed by atoms with Gasteiger partial charge in [0.15, 0.2) is 0 Å². The van der Waals surface area contributed by atoms with Gasteiger partial charge in [0.25, 0.3) is 0 Å². The van der Waals surface area contributed by atoms with E-state index in [4.69, 9.17) is 11.6 Å². The molecule has 1 heterocycles. The Hall–Kier alpha value is -0.970. The van der Waals surface area contributed by atoms with Crippen LogP contribution in [0.3, 0.4) is 0 Å². The fourth-order valence-corrected chi connectivity index (χ4v) is 2.54. The SMILES string of the molecule is Cc1ncc(C(O)Cc2ccc(F)cc2Cl)s1. The quantitative estimate of drug-likeness (QED) is 0.927. The zero-order valence-corrected chi connectivity index (χ0v) is 10.7. The summed E-state index contributed by atoms with van der Waals surface area (Å²) in [4.78, 5) is 4.88. The van der Waals surface area contributed by atoms with Crippen LogP contribution < -0.4 is 0 Å². The number of hydrogen-bond acceptors (Lipinski definition) is 3. The number of aryl methyl sites for hydroxylation is 1. The van der Waals surface area contributed by atoms with E-state index < -0.39 is 6.10 Å². The van der Waals surface area contributed by atoms with Crippen LogP contribution in [0.2, 0.25) is 5.02 Å². The smallest absolute Gasteiger partial charge is 0.124 e. The molecular weight excluding hydrogens is 261 g/mol. The monoisotopic (exact) mass is 271 g/mol. The molecule has 2 nitrogen and oxygen atoms in total. The molecule has 17 heavy (non-hydrogen) atoms. The van der Waals surface area contributed by atoms with Crippen LogP contribution in [-0.2, 0) is 6.42 Å². The van der Waals surface area contributed by atoms with Gasteiger partial charge in [-0.3, -0.25) is 0 Å². The van der Waals surface area contributed by atoms with Gasteiger partial charge in [-0.25, -0.2) is 9.37 Å². The van der Waals surface area contributed by atoms with Crippen LogP contribution in [0.4, 0.5) is 4.39 Å². The first kappa shape index (κ1) is 12.5. The Morgan fingerprint density at radius 1 is 1.53 bits per heavy atom. The van der Waals surface area contributed by atoms with Gasteiger partial charge in [-0.15, -0.1) is 11.3 Å². The number of aliphatic hydroxyl groups excluding tert-OH is 1. The molecule has 1 aromatic carbocycles. The number of halogens is 2. The fraction of sp³-hybridized carbons (Fsp3) is 0.250. The maximum atomic E-state index is 12.9. The summed E-state index contributed by atoms with van der Waals surface area (Å²) in [5.74, 6) is -0.373. The van der Waals surface area contributed by atoms with Crippen molar-refractivity contribution in [2.24, 2.45) is 0 Å². The van der Waals surface area contributed by atoms with Crippen LogP contribution in [0.1, 0.15) is 21.6 Å². The minimum atomic E-state index is -0.649. The Bertz CT molecular complexity index is 529. The second-order valence-corrected chi connectivity index (χ2v) is 5.41. The van der Waals surface area contributed by atoms with Crippen LogP contribution in [0.25, 0.3) is 0 Å². The van der Waals surface area contributed by atoms with E-state index in [0.29, 0.717) is 11.4 Å². The number of aliphatic hydroxyl groups is 1. The summed E-state index contributed by atoms with van der Waals surface area (Å²) in [5.41, 5.74) is 0.728. The van der Waals surface area contributed by atoms with Crippen molar-refractivity contribution in [3.8, 4) is 0 Å². The molecule has 0 amide bonds. The van der Waals surface area contributed by atoms with Crippen LogP contribution in [-0.4, -0.2) is 10.1 Å². The van der Waals surface area contributed by atoms with Gasteiger partial charge in [0.1, 0.15) is 5.82 Å². The van der Waals surface area contributed by atoms with E-state index in [1.807, 2.05) is 6.92 Å². The first-order chi connectivity index (χ1) is 8.06. The highest BCUT2D eigenvalue weighted by Crippen LogP contribution is 2.27. The molecule has 0 aliphatic heterocycles. The maximum absolute atomic E-state index is 12.9. The number of thiazole rings is 1. The molecule has 0 bridgehead atoms. The number of benzene rings is 1. The lowest BCUT2D eigenvalue weighted by molar-refractivity contribution is 0.182. The Morgan fingerprint density at radius 3 is 2.88 bits per heavy atom.